The van der Waals surface area contributed by atoms with E-state index in [1.165, 1.54) is 30.6 Å². The Labute approximate surface area is 162 Å². The molecular weight excluding hydrogens is 393 g/mol. The molecule has 1 saturated heterocycles. The lowest BCUT2D eigenvalue weighted by atomic mass is 10.0. The van der Waals surface area contributed by atoms with Crippen molar-refractivity contribution in [2.24, 2.45) is 0 Å². The Hall–Kier alpha value is -3.21. The Kier molecular flexibility index (Phi) is 4.23. The summed E-state index contributed by atoms with van der Waals surface area (Å²) < 4.78 is 49.4. The summed E-state index contributed by atoms with van der Waals surface area (Å²) in [4.78, 5) is 33.1. The fourth-order valence-corrected chi connectivity index (χ4v) is 3.11. The Morgan fingerprint density at radius 2 is 1.93 bits per heavy atom. The SMILES string of the molecule is CC1(C)NC(=O)N(c2cnc(Oc3ccc4c(c3)[C@H](C(F)(F)F)OC4)nc2)C1=O. The first-order valence-corrected chi connectivity index (χ1v) is 8.54. The van der Waals surface area contributed by atoms with E-state index in [2.05, 4.69) is 15.3 Å². The molecule has 4 rings (SSSR count). The third kappa shape index (κ3) is 3.37. The molecule has 1 N–H and O–H groups in total. The number of hydrogen-bond donors (Lipinski definition) is 1. The predicted molar refractivity (Wildman–Crippen MR) is 92.2 cm³/mol. The lowest BCUT2D eigenvalue weighted by Crippen LogP contribution is -2.40. The average Bonchev–Trinajstić information content (AvgIpc) is 3.14. The normalized spacial score (nSPS) is 20.6. The third-order valence-electron chi connectivity index (χ3n) is 4.54. The van der Waals surface area contributed by atoms with Crippen LogP contribution in [0.5, 0.6) is 11.8 Å². The lowest BCUT2D eigenvalue weighted by molar-refractivity contribution is -0.219. The van der Waals surface area contributed by atoms with E-state index < -0.39 is 29.8 Å². The van der Waals surface area contributed by atoms with Crippen molar-refractivity contribution in [1.82, 2.24) is 15.3 Å². The number of alkyl halides is 3. The first kappa shape index (κ1) is 19.1. The number of hydrogen-bond acceptors (Lipinski definition) is 6. The number of anilines is 1. The van der Waals surface area contributed by atoms with Crippen molar-refractivity contribution in [3.05, 3.63) is 41.7 Å². The predicted octanol–water partition coefficient (Wildman–Crippen LogP) is 3.24. The molecule has 0 spiro atoms. The average molecular weight is 408 g/mol. The van der Waals surface area contributed by atoms with Gasteiger partial charge in [0.2, 0.25) is 0 Å². The van der Waals surface area contributed by atoms with Gasteiger partial charge in [-0.3, -0.25) is 4.79 Å². The quantitative estimate of drug-likeness (QED) is 0.784. The number of nitrogens with one attached hydrogen (secondary N) is 1. The van der Waals surface area contributed by atoms with Gasteiger partial charge in [0, 0.05) is 0 Å². The fourth-order valence-electron chi connectivity index (χ4n) is 3.11. The van der Waals surface area contributed by atoms with Crippen LogP contribution in [0.4, 0.5) is 23.7 Å². The van der Waals surface area contributed by atoms with Gasteiger partial charge in [-0.15, -0.1) is 0 Å². The van der Waals surface area contributed by atoms with E-state index in [9.17, 15) is 22.8 Å². The first-order chi connectivity index (χ1) is 13.6. The van der Waals surface area contributed by atoms with Gasteiger partial charge < -0.3 is 14.8 Å². The molecule has 2 aliphatic rings. The van der Waals surface area contributed by atoms with Crippen molar-refractivity contribution in [3.8, 4) is 11.8 Å². The zero-order valence-electron chi connectivity index (χ0n) is 15.3. The molecule has 2 aliphatic heterocycles. The molecule has 1 fully saturated rings. The van der Waals surface area contributed by atoms with Crippen LogP contribution < -0.4 is 15.0 Å². The van der Waals surface area contributed by atoms with Gasteiger partial charge in [0.1, 0.15) is 11.3 Å². The molecule has 1 atom stereocenters. The summed E-state index contributed by atoms with van der Waals surface area (Å²) in [5, 5.41) is 2.53. The minimum atomic E-state index is -4.53. The molecule has 0 aliphatic carbocycles. The molecule has 2 aromatic rings. The molecule has 3 heterocycles. The van der Waals surface area contributed by atoms with Crippen molar-refractivity contribution in [3.63, 3.8) is 0 Å². The number of ether oxygens (including phenoxy) is 2. The van der Waals surface area contributed by atoms with Gasteiger partial charge in [0.25, 0.3) is 5.91 Å². The number of nitrogens with zero attached hydrogens (tertiary/aromatic N) is 3. The topological polar surface area (TPSA) is 93.7 Å². The Morgan fingerprint density at radius 3 is 2.52 bits per heavy atom. The number of carbonyl (C=O) groups is 2. The first-order valence-electron chi connectivity index (χ1n) is 8.54. The number of imide groups is 1. The summed E-state index contributed by atoms with van der Waals surface area (Å²) in [6, 6.07) is 3.45. The maximum Gasteiger partial charge on any atom is 0.418 e. The molecule has 3 amide bonds. The van der Waals surface area contributed by atoms with Crippen molar-refractivity contribution >= 4 is 17.6 Å². The molecular formula is C18H15F3N4O4. The van der Waals surface area contributed by atoms with Crippen molar-refractivity contribution in [1.29, 1.82) is 0 Å². The zero-order chi connectivity index (χ0) is 21.0. The maximum absolute atomic E-state index is 13.1. The Bertz CT molecular complexity index is 992. The molecule has 0 saturated carbocycles. The molecule has 152 valence electrons. The van der Waals surface area contributed by atoms with Crippen LogP contribution in [0.1, 0.15) is 31.1 Å². The molecule has 0 bridgehead atoms. The van der Waals surface area contributed by atoms with Gasteiger partial charge in [0.05, 0.1) is 24.7 Å². The highest BCUT2D eigenvalue weighted by Gasteiger charge is 2.46. The monoisotopic (exact) mass is 408 g/mol. The number of carbonyl (C=O) groups excluding carboxylic acids is 2. The summed E-state index contributed by atoms with van der Waals surface area (Å²) in [7, 11) is 0. The van der Waals surface area contributed by atoms with Crippen LogP contribution in [0, 0.1) is 0 Å². The molecule has 1 aromatic carbocycles. The second kappa shape index (κ2) is 6.41. The van der Waals surface area contributed by atoms with Crippen molar-refractivity contribution in [2.45, 2.75) is 38.3 Å². The van der Waals surface area contributed by atoms with E-state index in [-0.39, 0.29) is 29.6 Å². The van der Waals surface area contributed by atoms with E-state index >= 15 is 0 Å². The standard InChI is InChI=1S/C18H15F3N4O4/c1-17(2)14(26)25(16(27)24-17)10-6-22-15(23-7-10)29-11-4-3-9-8-28-13(12(9)5-11)18(19,20)21/h3-7,13H,8H2,1-2H3,(H,24,27)/t13-/m1/s1. The number of aromatic nitrogens is 2. The highest BCUT2D eigenvalue weighted by atomic mass is 19.4. The van der Waals surface area contributed by atoms with E-state index in [0.717, 1.165) is 4.90 Å². The highest BCUT2D eigenvalue weighted by molar-refractivity contribution is 6.22. The van der Waals surface area contributed by atoms with Crippen LogP contribution in [0.15, 0.2) is 30.6 Å². The van der Waals surface area contributed by atoms with Gasteiger partial charge in [0.15, 0.2) is 6.10 Å². The van der Waals surface area contributed by atoms with Gasteiger partial charge in [-0.2, -0.15) is 13.2 Å². The second-order valence-electron chi connectivity index (χ2n) is 7.11. The molecule has 11 heteroatoms. The fraction of sp³-hybridized carbons (Fsp3) is 0.333. The van der Waals surface area contributed by atoms with Gasteiger partial charge in [-0.1, -0.05) is 6.07 Å². The molecule has 8 nitrogen and oxygen atoms in total. The Morgan fingerprint density at radius 1 is 1.24 bits per heavy atom. The van der Waals surface area contributed by atoms with Gasteiger partial charge >= 0.3 is 18.2 Å². The number of fused-ring (bicyclic) bond motifs is 1. The number of halogens is 3. The molecule has 0 unspecified atom stereocenters. The van der Waals surface area contributed by atoms with E-state index in [0.29, 0.717) is 5.56 Å². The molecule has 29 heavy (non-hydrogen) atoms. The van der Waals surface area contributed by atoms with E-state index in [1.807, 2.05) is 0 Å². The van der Waals surface area contributed by atoms with Crippen molar-refractivity contribution in [2.75, 3.05) is 4.90 Å². The summed E-state index contributed by atoms with van der Waals surface area (Å²) in [6.07, 6.45) is -4.10. The van der Waals surface area contributed by atoms with Crippen molar-refractivity contribution < 1.29 is 32.2 Å². The summed E-state index contributed by atoms with van der Waals surface area (Å²) >= 11 is 0. The van der Waals surface area contributed by atoms with E-state index in [1.54, 1.807) is 13.8 Å². The largest absolute Gasteiger partial charge is 0.424 e. The van der Waals surface area contributed by atoms with Gasteiger partial charge in [-0.25, -0.2) is 19.7 Å². The smallest absolute Gasteiger partial charge is 0.418 e. The van der Waals surface area contributed by atoms with Crippen LogP contribution in [0.25, 0.3) is 0 Å². The molecule has 1 aromatic heterocycles. The second-order valence-corrected chi connectivity index (χ2v) is 7.11. The van der Waals surface area contributed by atoms with Crippen LogP contribution in [0.2, 0.25) is 0 Å². The maximum atomic E-state index is 13.1. The van der Waals surface area contributed by atoms with Gasteiger partial charge in [-0.05, 0) is 37.1 Å². The van der Waals surface area contributed by atoms with Crippen LogP contribution in [-0.4, -0.2) is 33.6 Å². The number of rotatable bonds is 3. The number of urea groups is 1. The number of benzene rings is 1. The van der Waals surface area contributed by atoms with Crippen LogP contribution in [-0.2, 0) is 16.1 Å². The number of amides is 3. The van der Waals surface area contributed by atoms with Crippen LogP contribution >= 0.6 is 0 Å². The highest BCUT2D eigenvalue weighted by Crippen LogP contribution is 2.43. The van der Waals surface area contributed by atoms with E-state index in [4.69, 9.17) is 9.47 Å². The minimum Gasteiger partial charge on any atom is -0.424 e. The third-order valence-corrected chi connectivity index (χ3v) is 4.54. The summed E-state index contributed by atoms with van der Waals surface area (Å²) in [6.45, 7) is 3.00. The van der Waals surface area contributed by atoms with Crippen LogP contribution in [0.3, 0.4) is 0 Å². The Balaban J connectivity index is 1.53. The summed E-state index contributed by atoms with van der Waals surface area (Å²) in [5.41, 5.74) is -0.497. The molecule has 0 radical (unpaired) electrons. The minimum absolute atomic E-state index is 0.0202. The summed E-state index contributed by atoms with van der Waals surface area (Å²) in [5.74, 6) is -0.357. The lowest BCUT2D eigenvalue weighted by Gasteiger charge is -2.16. The zero-order valence-corrected chi connectivity index (χ0v) is 15.3.